The first-order chi connectivity index (χ1) is 10.2. The average Bonchev–Trinajstić information content (AvgIpc) is 2.90. The molecular weight excluding hydrogens is 330 g/mol. The molecule has 1 atom stereocenters. The molecule has 2 N–H and O–H groups in total. The van der Waals surface area contributed by atoms with Gasteiger partial charge >= 0.3 is 0 Å². The van der Waals surface area contributed by atoms with Crippen molar-refractivity contribution in [3.05, 3.63) is 28.2 Å². The molecule has 1 unspecified atom stereocenters. The van der Waals surface area contributed by atoms with Crippen LogP contribution >= 0.6 is 15.9 Å². The SMILES string of the molecule is NCCc1cc(Br)ccc1OC1CCOC2(CCCC2)C1. The van der Waals surface area contributed by atoms with Gasteiger partial charge in [-0.25, -0.2) is 0 Å². The second kappa shape index (κ2) is 6.67. The summed E-state index contributed by atoms with van der Waals surface area (Å²) in [4.78, 5) is 0. The maximum absolute atomic E-state index is 6.32. The van der Waals surface area contributed by atoms with Gasteiger partial charge < -0.3 is 15.2 Å². The quantitative estimate of drug-likeness (QED) is 0.894. The van der Waals surface area contributed by atoms with Gasteiger partial charge in [-0.2, -0.15) is 0 Å². The highest BCUT2D eigenvalue weighted by atomic mass is 79.9. The number of hydrogen-bond donors (Lipinski definition) is 1. The van der Waals surface area contributed by atoms with Gasteiger partial charge in [-0.15, -0.1) is 0 Å². The van der Waals surface area contributed by atoms with Crippen LogP contribution in [0.15, 0.2) is 22.7 Å². The molecule has 1 aromatic rings. The van der Waals surface area contributed by atoms with Gasteiger partial charge in [-0.05, 0) is 49.6 Å². The molecule has 1 aromatic carbocycles. The molecule has 0 bridgehead atoms. The summed E-state index contributed by atoms with van der Waals surface area (Å²) < 4.78 is 13.5. The summed E-state index contributed by atoms with van der Waals surface area (Å²) in [5.74, 6) is 0.990. The Labute approximate surface area is 135 Å². The van der Waals surface area contributed by atoms with E-state index in [2.05, 4.69) is 28.1 Å². The summed E-state index contributed by atoms with van der Waals surface area (Å²) in [6, 6.07) is 6.22. The molecule has 0 radical (unpaired) electrons. The number of hydrogen-bond acceptors (Lipinski definition) is 3. The molecule has 116 valence electrons. The average molecular weight is 354 g/mol. The highest BCUT2D eigenvalue weighted by Crippen LogP contribution is 2.41. The van der Waals surface area contributed by atoms with Gasteiger partial charge in [0.2, 0.25) is 0 Å². The maximum Gasteiger partial charge on any atom is 0.123 e. The van der Waals surface area contributed by atoms with Crippen LogP contribution in [0.5, 0.6) is 5.75 Å². The van der Waals surface area contributed by atoms with Gasteiger partial charge in [0.15, 0.2) is 0 Å². The zero-order valence-electron chi connectivity index (χ0n) is 12.4. The van der Waals surface area contributed by atoms with Crippen molar-refractivity contribution in [2.45, 2.75) is 56.7 Å². The Morgan fingerprint density at radius 3 is 2.90 bits per heavy atom. The monoisotopic (exact) mass is 353 g/mol. The normalized spacial score (nSPS) is 24.4. The largest absolute Gasteiger partial charge is 0.490 e. The van der Waals surface area contributed by atoms with Crippen molar-refractivity contribution in [2.75, 3.05) is 13.2 Å². The van der Waals surface area contributed by atoms with E-state index >= 15 is 0 Å². The van der Waals surface area contributed by atoms with Crippen LogP contribution in [-0.2, 0) is 11.2 Å². The third-order valence-corrected chi connectivity index (χ3v) is 5.19. The summed E-state index contributed by atoms with van der Waals surface area (Å²) in [5, 5.41) is 0. The van der Waals surface area contributed by atoms with E-state index in [0.717, 1.165) is 36.1 Å². The van der Waals surface area contributed by atoms with Crippen molar-refractivity contribution in [3.63, 3.8) is 0 Å². The molecule has 1 aliphatic carbocycles. The van der Waals surface area contributed by atoms with E-state index in [9.17, 15) is 0 Å². The Bertz CT molecular complexity index is 486. The van der Waals surface area contributed by atoms with Crippen molar-refractivity contribution >= 4 is 15.9 Å². The lowest BCUT2D eigenvalue weighted by atomic mass is 9.90. The van der Waals surface area contributed by atoms with Gasteiger partial charge in [-0.1, -0.05) is 28.8 Å². The summed E-state index contributed by atoms with van der Waals surface area (Å²) in [5.41, 5.74) is 7.01. The molecule has 2 fully saturated rings. The molecule has 0 aromatic heterocycles. The lowest BCUT2D eigenvalue weighted by Gasteiger charge is -2.38. The van der Waals surface area contributed by atoms with Gasteiger partial charge in [0.1, 0.15) is 11.9 Å². The number of ether oxygens (including phenoxy) is 2. The fraction of sp³-hybridized carbons (Fsp3) is 0.647. The van der Waals surface area contributed by atoms with Crippen molar-refractivity contribution in [2.24, 2.45) is 5.73 Å². The molecule has 21 heavy (non-hydrogen) atoms. The van der Waals surface area contributed by atoms with Crippen molar-refractivity contribution in [3.8, 4) is 5.75 Å². The summed E-state index contributed by atoms with van der Waals surface area (Å²) >= 11 is 3.52. The van der Waals surface area contributed by atoms with Crippen LogP contribution in [0.25, 0.3) is 0 Å². The van der Waals surface area contributed by atoms with E-state index in [-0.39, 0.29) is 11.7 Å². The standard InChI is InChI=1S/C17H24BrNO2/c18-14-3-4-16(13(11-14)5-9-19)21-15-6-10-20-17(12-15)7-1-2-8-17/h3-4,11,15H,1-2,5-10,12,19H2. The first kappa shape index (κ1) is 15.3. The Balaban J connectivity index is 1.71. The maximum atomic E-state index is 6.32. The third-order valence-electron chi connectivity index (χ3n) is 4.69. The van der Waals surface area contributed by atoms with Crippen molar-refractivity contribution in [1.82, 2.24) is 0 Å². The molecule has 1 heterocycles. The Morgan fingerprint density at radius 1 is 1.33 bits per heavy atom. The minimum Gasteiger partial charge on any atom is -0.490 e. The topological polar surface area (TPSA) is 44.5 Å². The minimum absolute atomic E-state index is 0.103. The van der Waals surface area contributed by atoms with Crippen LogP contribution in [0.2, 0.25) is 0 Å². The predicted molar refractivity (Wildman–Crippen MR) is 87.7 cm³/mol. The second-order valence-corrected chi connectivity index (χ2v) is 7.18. The highest BCUT2D eigenvalue weighted by Gasteiger charge is 2.40. The van der Waals surface area contributed by atoms with E-state index < -0.39 is 0 Å². The number of nitrogens with two attached hydrogens (primary N) is 1. The van der Waals surface area contributed by atoms with Crippen molar-refractivity contribution in [1.29, 1.82) is 0 Å². The summed E-state index contributed by atoms with van der Waals surface area (Å²) in [6.45, 7) is 1.47. The summed E-state index contributed by atoms with van der Waals surface area (Å²) in [7, 11) is 0. The fourth-order valence-electron chi connectivity index (χ4n) is 3.64. The van der Waals surface area contributed by atoms with Crippen LogP contribution in [0.3, 0.4) is 0 Å². The lowest BCUT2D eigenvalue weighted by molar-refractivity contribution is -0.108. The zero-order valence-corrected chi connectivity index (χ0v) is 14.0. The molecule has 1 aliphatic heterocycles. The van der Waals surface area contributed by atoms with Crippen LogP contribution in [-0.4, -0.2) is 24.9 Å². The second-order valence-electron chi connectivity index (χ2n) is 6.26. The number of halogens is 1. The molecule has 2 aliphatic rings. The van der Waals surface area contributed by atoms with E-state index in [1.807, 2.05) is 6.07 Å². The summed E-state index contributed by atoms with van der Waals surface area (Å²) in [6.07, 6.45) is 8.13. The smallest absolute Gasteiger partial charge is 0.123 e. The van der Waals surface area contributed by atoms with Crippen LogP contribution in [0, 0.1) is 0 Å². The predicted octanol–water partition coefficient (Wildman–Crippen LogP) is 3.82. The first-order valence-electron chi connectivity index (χ1n) is 8.00. The Morgan fingerprint density at radius 2 is 2.14 bits per heavy atom. The molecule has 1 saturated heterocycles. The third kappa shape index (κ3) is 3.61. The minimum atomic E-state index is 0.103. The van der Waals surface area contributed by atoms with Crippen LogP contribution < -0.4 is 10.5 Å². The van der Waals surface area contributed by atoms with Gasteiger partial charge in [0.25, 0.3) is 0 Å². The molecule has 1 saturated carbocycles. The zero-order chi connectivity index (χ0) is 14.7. The van der Waals surface area contributed by atoms with E-state index in [4.69, 9.17) is 15.2 Å². The number of benzene rings is 1. The number of rotatable bonds is 4. The van der Waals surface area contributed by atoms with Gasteiger partial charge in [-0.3, -0.25) is 0 Å². The molecule has 0 amide bonds. The lowest BCUT2D eigenvalue weighted by Crippen LogP contribution is -2.41. The van der Waals surface area contributed by atoms with E-state index in [0.29, 0.717) is 6.54 Å². The fourth-order valence-corrected chi connectivity index (χ4v) is 4.05. The van der Waals surface area contributed by atoms with E-state index in [1.165, 1.54) is 31.2 Å². The van der Waals surface area contributed by atoms with E-state index in [1.54, 1.807) is 0 Å². The Hall–Kier alpha value is -0.580. The first-order valence-corrected chi connectivity index (χ1v) is 8.79. The molecule has 3 rings (SSSR count). The molecule has 3 nitrogen and oxygen atoms in total. The Kier molecular flexibility index (Phi) is 4.87. The highest BCUT2D eigenvalue weighted by molar-refractivity contribution is 9.10. The molecular formula is C17H24BrNO2. The van der Waals surface area contributed by atoms with Gasteiger partial charge in [0, 0.05) is 17.3 Å². The van der Waals surface area contributed by atoms with Gasteiger partial charge in [0.05, 0.1) is 12.2 Å². The van der Waals surface area contributed by atoms with Crippen LogP contribution in [0.4, 0.5) is 0 Å². The van der Waals surface area contributed by atoms with Crippen molar-refractivity contribution < 1.29 is 9.47 Å². The molecule has 4 heteroatoms. The molecule has 1 spiro atoms. The van der Waals surface area contributed by atoms with Crippen LogP contribution in [0.1, 0.15) is 44.1 Å².